The van der Waals surface area contributed by atoms with E-state index < -0.39 is 0 Å². The van der Waals surface area contributed by atoms with Crippen LogP contribution in [0, 0.1) is 42.9 Å². The van der Waals surface area contributed by atoms with Gasteiger partial charge in [-0.2, -0.15) is 0 Å². The first-order valence-electron chi connectivity index (χ1n) is 16.5. The number of hydrogen-bond acceptors (Lipinski definition) is 6. The molecule has 6 nitrogen and oxygen atoms in total. The molecule has 2 aliphatic carbocycles. The number of hydrogen-bond donors (Lipinski definition) is 0. The van der Waals surface area contributed by atoms with Crippen LogP contribution in [0.2, 0.25) is 0 Å². The number of hydrazone groups is 2. The predicted octanol–water partition coefficient (Wildman–Crippen LogP) is 9.71. The Morgan fingerprint density at radius 2 is 1.16 bits per heavy atom. The van der Waals surface area contributed by atoms with Crippen molar-refractivity contribution in [3.63, 3.8) is 0 Å². The van der Waals surface area contributed by atoms with E-state index in [2.05, 4.69) is 165 Å². The van der Waals surface area contributed by atoms with E-state index in [4.69, 9.17) is 0 Å². The SMILES string of the molecule is CC(C)[C@@H]1CC[C@@H](C)CC1N1[CH-]N(Cc2ccccc2)C=N1.C[C@@H]1CC[C@@H](C)[C@@H](N2[CH-]N(Cc3ccccc3)C=N2)C1.[Br][Pd][Br]. The van der Waals surface area contributed by atoms with Crippen LogP contribution in [0.1, 0.15) is 84.3 Å². The van der Waals surface area contributed by atoms with Crippen molar-refractivity contribution in [1.29, 1.82) is 0 Å². The third-order valence-corrected chi connectivity index (χ3v) is 9.70. The van der Waals surface area contributed by atoms with Gasteiger partial charge in [0.15, 0.2) is 0 Å². The Labute approximate surface area is 294 Å². The van der Waals surface area contributed by atoms with Crippen LogP contribution in [0.25, 0.3) is 0 Å². The molecule has 2 fully saturated rings. The van der Waals surface area contributed by atoms with Crippen LogP contribution < -0.4 is 0 Å². The molecule has 4 aliphatic rings. The molecule has 2 aromatic rings. The molecule has 0 aromatic heterocycles. The van der Waals surface area contributed by atoms with Crippen molar-refractivity contribution in [2.45, 2.75) is 98.3 Å². The summed E-state index contributed by atoms with van der Waals surface area (Å²) in [6.07, 6.45) is 11.8. The van der Waals surface area contributed by atoms with Crippen LogP contribution in [0.15, 0.2) is 70.9 Å². The zero-order valence-corrected chi connectivity index (χ0v) is 32.3. The first-order valence-corrected chi connectivity index (χ1v) is 23.6. The summed E-state index contributed by atoms with van der Waals surface area (Å²) < 4.78 is 0. The molecule has 2 saturated carbocycles. The normalized spacial score (nSPS) is 27.8. The average Bonchev–Trinajstić information content (AvgIpc) is 3.70. The summed E-state index contributed by atoms with van der Waals surface area (Å²) in [4.78, 5) is 4.38. The molecule has 9 heteroatoms. The second-order valence-corrected chi connectivity index (χ2v) is 20.8. The summed E-state index contributed by atoms with van der Waals surface area (Å²) in [5, 5.41) is 13.7. The molecule has 6 rings (SSSR count). The summed E-state index contributed by atoms with van der Waals surface area (Å²) in [7, 11) is 0. The molecule has 0 bridgehead atoms. The molecule has 0 amide bonds. The van der Waals surface area contributed by atoms with Gasteiger partial charge in [-0.3, -0.25) is 0 Å². The summed E-state index contributed by atoms with van der Waals surface area (Å²) >= 11 is 6.80. The van der Waals surface area contributed by atoms with Crippen LogP contribution in [0.5, 0.6) is 0 Å². The van der Waals surface area contributed by atoms with E-state index in [1.165, 1.54) is 49.7 Å². The molecule has 1 unspecified atom stereocenters. The predicted molar refractivity (Wildman–Crippen MR) is 192 cm³/mol. The quantitative estimate of drug-likeness (QED) is 0.206. The Bertz CT molecular complexity index is 1170. The van der Waals surface area contributed by atoms with Crippen LogP contribution >= 0.6 is 26.9 Å². The monoisotopic (exact) mass is 832 g/mol. The fourth-order valence-electron chi connectivity index (χ4n) is 7.10. The minimum absolute atomic E-state index is 0.556. The van der Waals surface area contributed by atoms with Crippen molar-refractivity contribution in [2.24, 2.45) is 39.8 Å². The van der Waals surface area contributed by atoms with Gasteiger partial charge in [-0.25, -0.2) is 10.2 Å². The molecule has 0 spiro atoms. The van der Waals surface area contributed by atoms with Crippen molar-refractivity contribution in [3.05, 3.63) is 85.1 Å². The van der Waals surface area contributed by atoms with Gasteiger partial charge in [0.05, 0.1) is 12.7 Å². The Kier molecular flexibility index (Phi) is 15.2. The topological polar surface area (TPSA) is 37.7 Å². The van der Waals surface area contributed by atoms with Gasteiger partial charge in [0.2, 0.25) is 0 Å². The van der Waals surface area contributed by atoms with Crippen LogP contribution in [-0.4, -0.2) is 44.6 Å². The summed E-state index contributed by atoms with van der Waals surface area (Å²) in [5.41, 5.74) is 2.64. The zero-order chi connectivity index (χ0) is 32.2. The second-order valence-electron chi connectivity index (χ2n) is 13.7. The standard InChI is InChI=1S/C19H28N3.C17H24N3.2BrH.Pd/c1-15(2)18-10-9-16(3)11-19(18)22-14-21(13-20-22)12-17-7-5-4-6-8-17;1-14-8-9-15(2)17(10-14)20-13-19(12-18-20)11-16-6-4-3-5-7-16;;;/h4-8,13-16,18-19H,9-12H2,1-3H3;3-7,12-15,17H,8-11H2,1-2H3;2*1H;/q2*-1;;;+2/p-2/t16-,18+,19?;14-,15-,17+;;;/m11.../s1. The molecule has 2 aromatic carbocycles. The third-order valence-electron chi connectivity index (χ3n) is 9.70. The van der Waals surface area contributed by atoms with Gasteiger partial charge < -0.3 is 19.8 Å². The second kappa shape index (κ2) is 18.8. The van der Waals surface area contributed by atoms with Crippen LogP contribution in [0.3, 0.4) is 0 Å². The van der Waals surface area contributed by atoms with Crippen molar-refractivity contribution >= 4 is 39.5 Å². The zero-order valence-electron chi connectivity index (χ0n) is 27.5. The Morgan fingerprint density at radius 1 is 0.711 bits per heavy atom. The maximum absolute atomic E-state index is 4.68. The van der Waals surface area contributed by atoms with E-state index in [9.17, 15) is 0 Å². The molecule has 0 radical (unpaired) electrons. The average molecular weight is 835 g/mol. The molecular weight excluding hydrogens is 783 g/mol. The molecular formula is C36H52Br2N6Pd-2. The Hall–Kier alpha value is -1.40. The number of rotatable bonds is 7. The van der Waals surface area contributed by atoms with Crippen LogP contribution in [-0.2, 0) is 27.0 Å². The van der Waals surface area contributed by atoms with E-state index in [0.717, 1.165) is 42.7 Å². The van der Waals surface area contributed by atoms with Gasteiger partial charge in [0.1, 0.15) is 0 Å². The fourth-order valence-corrected chi connectivity index (χ4v) is 7.10. The number of nitrogens with zero attached hydrogens (tertiary/aromatic N) is 6. The maximum atomic E-state index is 4.68. The first kappa shape index (κ1) is 36.4. The first-order chi connectivity index (χ1) is 21.8. The van der Waals surface area contributed by atoms with E-state index in [0.29, 0.717) is 26.0 Å². The van der Waals surface area contributed by atoms with Gasteiger partial charge in [-0.15, -0.1) is 13.3 Å². The number of halogens is 2. The Morgan fingerprint density at radius 3 is 1.64 bits per heavy atom. The molecule has 0 saturated heterocycles. The van der Waals surface area contributed by atoms with E-state index in [1.807, 2.05) is 12.7 Å². The third kappa shape index (κ3) is 11.4. The van der Waals surface area contributed by atoms with E-state index in [-0.39, 0.29) is 0 Å². The van der Waals surface area contributed by atoms with Gasteiger partial charge in [0, 0.05) is 25.2 Å². The van der Waals surface area contributed by atoms with Gasteiger partial charge >= 0.3 is 40.8 Å². The minimum atomic E-state index is 0.556. The molecule has 2 aliphatic heterocycles. The summed E-state index contributed by atoms with van der Waals surface area (Å²) in [6.45, 7) is 18.0. The van der Waals surface area contributed by atoms with Crippen molar-refractivity contribution in [1.82, 2.24) is 19.8 Å². The Balaban J connectivity index is 0.000000189. The van der Waals surface area contributed by atoms with Gasteiger partial charge in [-0.05, 0) is 66.4 Å². The van der Waals surface area contributed by atoms with E-state index in [1.54, 1.807) is 0 Å². The molecule has 0 N–H and O–H groups in total. The summed E-state index contributed by atoms with van der Waals surface area (Å²) in [5.74, 6) is 3.84. The molecule has 45 heavy (non-hydrogen) atoms. The van der Waals surface area contributed by atoms with E-state index >= 15 is 0 Å². The fraction of sp³-hybridized carbons (Fsp3) is 0.556. The van der Waals surface area contributed by atoms with Crippen molar-refractivity contribution in [2.75, 3.05) is 0 Å². The van der Waals surface area contributed by atoms with Crippen LogP contribution in [0.4, 0.5) is 0 Å². The molecule has 252 valence electrons. The number of benzene rings is 2. The molecule has 2 heterocycles. The van der Waals surface area contributed by atoms with Crippen molar-refractivity contribution in [3.8, 4) is 0 Å². The van der Waals surface area contributed by atoms with Gasteiger partial charge in [0.25, 0.3) is 0 Å². The molecule has 6 atom stereocenters. The van der Waals surface area contributed by atoms with Gasteiger partial charge in [-0.1, -0.05) is 108 Å². The summed E-state index contributed by atoms with van der Waals surface area (Å²) in [6, 6.07) is 22.3. The van der Waals surface area contributed by atoms with Crippen molar-refractivity contribution < 1.29 is 13.9 Å².